The molecule has 0 aromatic heterocycles. The molecule has 0 unspecified atom stereocenters. The minimum absolute atomic E-state index is 0.0111. The number of carbonyl (C=O) groups is 2. The van der Waals surface area contributed by atoms with Crippen molar-refractivity contribution in [3.8, 4) is 0 Å². The molecule has 0 radical (unpaired) electrons. The monoisotopic (exact) mass is 234 g/mol. The zero-order valence-corrected chi connectivity index (χ0v) is 10.5. The summed E-state index contributed by atoms with van der Waals surface area (Å²) >= 11 is 0. The summed E-state index contributed by atoms with van der Waals surface area (Å²) in [5.74, 6) is -0.0111. The molecule has 1 aromatic carbocycles. The molecule has 4 nitrogen and oxygen atoms in total. The van der Waals surface area contributed by atoms with Gasteiger partial charge in [-0.2, -0.15) is 0 Å². The summed E-state index contributed by atoms with van der Waals surface area (Å²) in [6.45, 7) is 4.22. The highest BCUT2D eigenvalue weighted by Gasteiger charge is 2.08. The van der Waals surface area contributed by atoms with Crippen LogP contribution in [-0.2, 0) is 0 Å². The van der Waals surface area contributed by atoms with Gasteiger partial charge in [0.15, 0.2) is 5.78 Å². The molecule has 0 saturated heterocycles. The Kier molecular flexibility index (Phi) is 4.69. The molecule has 0 aliphatic rings. The minimum Gasteiger partial charge on any atom is -0.328 e. The lowest BCUT2D eigenvalue weighted by atomic mass is 10.1. The van der Waals surface area contributed by atoms with Gasteiger partial charge >= 0.3 is 6.03 Å². The van der Waals surface area contributed by atoms with Gasteiger partial charge in [-0.25, -0.2) is 4.79 Å². The molecule has 0 spiro atoms. The molecule has 0 heterocycles. The molecule has 1 aromatic rings. The zero-order valence-electron chi connectivity index (χ0n) is 10.5. The van der Waals surface area contributed by atoms with E-state index in [-0.39, 0.29) is 11.8 Å². The van der Waals surface area contributed by atoms with E-state index in [4.69, 9.17) is 0 Å². The molecular weight excluding hydrogens is 216 g/mol. The fraction of sp³-hybridized carbons (Fsp3) is 0.385. The maximum Gasteiger partial charge on any atom is 0.321 e. The molecule has 0 fully saturated rings. The maximum absolute atomic E-state index is 11.7. The number of benzene rings is 1. The Balaban J connectivity index is 2.71. The van der Waals surface area contributed by atoms with Crippen molar-refractivity contribution in [3.63, 3.8) is 0 Å². The number of carbonyl (C=O) groups excluding carboxylic acids is 2. The number of amides is 2. The smallest absolute Gasteiger partial charge is 0.321 e. The number of hydrogen-bond acceptors (Lipinski definition) is 2. The lowest BCUT2D eigenvalue weighted by Crippen LogP contribution is -2.31. The Hall–Kier alpha value is -1.84. The highest BCUT2D eigenvalue weighted by Crippen LogP contribution is 2.11. The van der Waals surface area contributed by atoms with Gasteiger partial charge in [0.05, 0.1) is 0 Å². The first-order valence-electron chi connectivity index (χ1n) is 5.67. The van der Waals surface area contributed by atoms with E-state index in [0.717, 1.165) is 6.42 Å². The van der Waals surface area contributed by atoms with E-state index in [9.17, 15) is 9.59 Å². The molecule has 0 saturated carbocycles. The predicted molar refractivity (Wildman–Crippen MR) is 68.4 cm³/mol. The number of ketones is 1. The van der Waals surface area contributed by atoms with Crippen LogP contribution in [0.2, 0.25) is 0 Å². The first kappa shape index (κ1) is 13.2. The maximum atomic E-state index is 11.7. The van der Waals surface area contributed by atoms with Crippen LogP contribution in [0.5, 0.6) is 0 Å². The summed E-state index contributed by atoms with van der Waals surface area (Å²) in [5.41, 5.74) is 1.24. The van der Waals surface area contributed by atoms with E-state index >= 15 is 0 Å². The molecule has 1 N–H and O–H groups in total. The molecule has 92 valence electrons. The Morgan fingerprint density at radius 1 is 1.35 bits per heavy atom. The van der Waals surface area contributed by atoms with E-state index in [0.29, 0.717) is 17.8 Å². The minimum atomic E-state index is -0.160. The van der Waals surface area contributed by atoms with Gasteiger partial charge in [0, 0.05) is 24.8 Å². The number of hydrogen-bond donors (Lipinski definition) is 1. The number of nitrogens with one attached hydrogen (secondary N) is 1. The largest absolute Gasteiger partial charge is 0.328 e. The summed E-state index contributed by atoms with van der Waals surface area (Å²) in [5, 5.41) is 2.76. The summed E-state index contributed by atoms with van der Waals surface area (Å²) in [4.78, 5) is 24.5. The molecule has 0 atom stereocenters. The van der Waals surface area contributed by atoms with E-state index in [1.807, 2.05) is 6.92 Å². The van der Waals surface area contributed by atoms with E-state index < -0.39 is 0 Å². The Morgan fingerprint density at radius 2 is 2.06 bits per heavy atom. The second kappa shape index (κ2) is 6.03. The number of Topliss-reactive ketones (excluding diaryl/α,β-unsaturated/α-hetero) is 1. The van der Waals surface area contributed by atoms with Gasteiger partial charge in [0.2, 0.25) is 0 Å². The number of rotatable bonds is 4. The summed E-state index contributed by atoms with van der Waals surface area (Å²) in [6, 6.07) is 6.77. The normalized spacial score (nSPS) is 9.82. The fourth-order valence-corrected chi connectivity index (χ4v) is 1.47. The van der Waals surface area contributed by atoms with Crippen LogP contribution in [0.25, 0.3) is 0 Å². The number of anilines is 1. The standard InChI is InChI=1S/C13H18N2O2/c1-4-8-15(3)13(17)14-12-7-5-6-11(9-12)10(2)16/h5-7,9H,4,8H2,1-3H3,(H,14,17). The van der Waals surface area contributed by atoms with Gasteiger partial charge in [0.25, 0.3) is 0 Å². The van der Waals surface area contributed by atoms with Gasteiger partial charge in [-0.05, 0) is 25.5 Å². The molecule has 4 heteroatoms. The van der Waals surface area contributed by atoms with Gasteiger partial charge in [0.1, 0.15) is 0 Å². The van der Waals surface area contributed by atoms with Crippen molar-refractivity contribution in [2.75, 3.05) is 18.9 Å². The topological polar surface area (TPSA) is 49.4 Å². The molecular formula is C13H18N2O2. The van der Waals surface area contributed by atoms with Gasteiger partial charge in [-0.3, -0.25) is 4.79 Å². The van der Waals surface area contributed by atoms with Gasteiger partial charge in [-0.1, -0.05) is 19.1 Å². The van der Waals surface area contributed by atoms with Crippen LogP contribution >= 0.6 is 0 Å². The summed E-state index contributed by atoms with van der Waals surface area (Å²) in [6.07, 6.45) is 0.914. The molecule has 0 aliphatic carbocycles. The van der Waals surface area contributed by atoms with Gasteiger partial charge in [-0.15, -0.1) is 0 Å². The van der Waals surface area contributed by atoms with Crippen molar-refractivity contribution in [2.24, 2.45) is 0 Å². The summed E-state index contributed by atoms with van der Waals surface area (Å²) < 4.78 is 0. The average molecular weight is 234 g/mol. The first-order chi connectivity index (χ1) is 8.04. The second-order valence-electron chi connectivity index (χ2n) is 3.99. The fourth-order valence-electron chi connectivity index (χ4n) is 1.47. The molecule has 0 aliphatic heterocycles. The van der Waals surface area contributed by atoms with Crippen molar-refractivity contribution < 1.29 is 9.59 Å². The zero-order chi connectivity index (χ0) is 12.8. The van der Waals surface area contributed by atoms with Crippen molar-refractivity contribution in [2.45, 2.75) is 20.3 Å². The molecule has 1 rings (SSSR count). The predicted octanol–water partition coefficient (Wildman–Crippen LogP) is 2.76. The van der Waals surface area contributed by atoms with Crippen molar-refractivity contribution >= 4 is 17.5 Å². The second-order valence-corrected chi connectivity index (χ2v) is 3.99. The van der Waals surface area contributed by atoms with Gasteiger partial charge < -0.3 is 10.2 Å². The van der Waals surface area contributed by atoms with Crippen molar-refractivity contribution in [1.82, 2.24) is 4.90 Å². The average Bonchev–Trinajstić information content (AvgIpc) is 2.29. The molecule has 2 amide bonds. The van der Waals surface area contributed by atoms with Crippen LogP contribution in [0.15, 0.2) is 24.3 Å². The third-order valence-electron chi connectivity index (χ3n) is 2.43. The van der Waals surface area contributed by atoms with Crippen LogP contribution in [-0.4, -0.2) is 30.3 Å². The lowest BCUT2D eigenvalue weighted by Gasteiger charge is -2.17. The Bertz CT molecular complexity index is 416. The third kappa shape index (κ3) is 3.90. The van der Waals surface area contributed by atoms with E-state index in [2.05, 4.69) is 5.32 Å². The highest BCUT2D eigenvalue weighted by atomic mass is 16.2. The lowest BCUT2D eigenvalue weighted by molar-refractivity contribution is 0.101. The number of urea groups is 1. The first-order valence-corrected chi connectivity index (χ1v) is 5.67. The third-order valence-corrected chi connectivity index (χ3v) is 2.43. The van der Waals surface area contributed by atoms with Crippen LogP contribution in [0.3, 0.4) is 0 Å². The SMILES string of the molecule is CCCN(C)C(=O)Nc1cccc(C(C)=O)c1. The molecule has 0 bridgehead atoms. The van der Waals surface area contributed by atoms with E-state index in [1.165, 1.54) is 6.92 Å². The quantitative estimate of drug-likeness (QED) is 0.814. The number of nitrogens with zero attached hydrogens (tertiary/aromatic N) is 1. The van der Waals surface area contributed by atoms with Crippen LogP contribution in [0.1, 0.15) is 30.6 Å². The molecule has 17 heavy (non-hydrogen) atoms. The van der Waals surface area contributed by atoms with E-state index in [1.54, 1.807) is 36.2 Å². The Morgan fingerprint density at radius 3 is 2.65 bits per heavy atom. The van der Waals surface area contributed by atoms with Crippen LogP contribution in [0.4, 0.5) is 10.5 Å². The van der Waals surface area contributed by atoms with Crippen molar-refractivity contribution in [1.29, 1.82) is 0 Å². The van der Waals surface area contributed by atoms with Crippen molar-refractivity contribution in [3.05, 3.63) is 29.8 Å². The van der Waals surface area contributed by atoms with Crippen LogP contribution in [0, 0.1) is 0 Å². The van der Waals surface area contributed by atoms with Crippen LogP contribution < -0.4 is 5.32 Å². The highest BCUT2D eigenvalue weighted by molar-refractivity contribution is 5.96. The Labute approximate surface area is 102 Å². The summed E-state index contributed by atoms with van der Waals surface area (Å²) in [7, 11) is 1.74.